The minimum absolute atomic E-state index is 0.121. The standard InChI is InChI=1S/C14H15BrN4O2/c1-8-3-4-12(11(16)5-8)18-13(20)7-19-9(2)17-6-10(15)14(19)21/h3-6H,7,16H2,1-2H3,(H,18,20). The van der Waals surface area contributed by atoms with E-state index in [9.17, 15) is 9.59 Å². The van der Waals surface area contributed by atoms with Crippen molar-refractivity contribution >= 4 is 33.2 Å². The topological polar surface area (TPSA) is 90.0 Å². The molecule has 3 N–H and O–H groups in total. The van der Waals surface area contributed by atoms with Crippen LogP contribution < -0.4 is 16.6 Å². The lowest BCUT2D eigenvalue weighted by Gasteiger charge is -2.11. The Hall–Kier alpha value is -2.15. The molecule has 0 radical (unpaired) electrons. The number of amides is 1. The monoisotopic (exact) mass is 350 g/mol. The van der Waals surface area contributed by atoms with Crippen molar-refractivity contribution in [1.29, 1.82) is 0 Å². The molecule has 1 heterocycles. The first-order valence-electron chi connectivity index (χ1n) is 6.26. The molecule has 6 nitrogen and oxygen atoms in total. The quantitative estimate of drug-likeness (QED) is 0.826. The van der Waals surface area contributed by atoms with Gasteiger partial charge in [0, 0.05) is 6.20 Å². The van der Waals surface area contributed by atoms with Crippen LogP contribution in [0.3, 0.4) is 0 Å². The van der Waals surface area contributed by atoms with Crippen LogP contribution in [0.1, 0.15) is 11.4 Å². The third-order valence-corrected chi connectivity index (χ3v) is 3.53. The maximum atomic E-state index is 12.1. The summed E-state index contributed by atoms with van der Waals surface area (Å²) in [6.45, 7) is 3.46. The van der Waals surface area contributed by atoms with Crippen molar-refractivity contribution < 1.29 is 4.79 Å². The molecule has 1 aromatic carbocycles. The predicted octanol–water partition coefficient (Wildman–Crippen LogP) is 1.84. The van der Waals surface area contributed by atoms with E-state index in [2.05, 4.69) is 26.2 Å². The molecule has 0 aliphatic rings. The molecule has 1 aromatic heterocycles. The number of carbonyl (C=O) groups excluding carboxylic acids is 1. The first kappa shape index (κ1) is 15.2. The number of hydrogen-bond acceptors (Lipinski definition) is 4. The zero-order chi connectivity index (χ0) is 15.6. The second kappa shape index (κ2) is 6.09. The van der Waals surface area contributed by atoms with Crippen LogP contribution >= 0.6 is 15.9 Å². The maximum absolute atomic E-state index is 12.1. The van der Waals surface area contributed by atoms with E-state index in [1.807, 2.05) is 13.0 Å². The average molecular weight is 351 g/mol. The Kier molecular flexibility index (Phi) is 4.42. The van der Waals surface area contributed by atoms with Crippen molar-refractivity contribution in [3.63, 3.8) is 0 Å². The molecule has 0 fully saturated rings. The van der Waals surface area contributed by atoms with Crippen LogP contribution in [-0.2, 0) is 11.3 Å². The summed E-state index contributed by atoms with van der Waals surface area (Å²) >= 11 is 3.11. The van der Waals surface area contributed by atoms with Gasteiger partial charge in [0.25, 0.3) is 5.56 Å². The Labute approximate surface area is 130 Å². The summed E-state index contributed by atoms with van der Waals surface area (Å²) in [7, 11) is 0. The first-order valence-corrected chi connectivity index (χ1v) is 7.05. The van der Waals surface area contributed by atoms with E-state index in [-0.39, 0.29) is 18.0 Å². The lowest BCUT2D eigenvalue weighted by molar-refractivity contribution is -0.116. The highest BCUT2D eigenvalue weighted by atomic mass is 79.9. The van der Waals surface area contributed by atoms with Crippen LogP contribution in [0, 0.1) is 13.8 Å². The fourth-order valence-electron chi connectivity index (χ4n) is 1.87. The van der Waals surface area contributed by atoms with Crippen LogP contribution in [0.4, 0.5) is 11.4 Å². The number of benzene rings is 1. The van der Waals surface area contributed by atoms with Gasteiger partial charge in [0.05, 0.1) is 11.4 Å². The van der Waals surface area contributed by atoms with Crippen molar-refractivity contribution in [3.05, 3.63) is 50.6 Å². The fraction of sp³-hybridized carbons (Fsp3) is 0.214. The highest BCUT2D eigenvalue weighted by Gasteiger charge is 2.11. The van der Waals surface area contributed by atoms with E-state index in [1.54, 1.807) is 19.1 Å². The highest BCUT2D eigenvalue weighted by Crippen LogP contribution is 2.19. The normalized spacial score (nSPS) is 10.4. The number of nitrogens with zero attached hydrogens (tertiary/aromatic N) is 2. The molecule has 2 rings (SSSR count). The minimum atomic E-state index is -0.337. The summed E-state index contributed by atoms with van der Waals surface area (Å²) < 4.78 is 1.61. The number of rotatable bonds is 3. The smallest absolute Gasteiger partial charge is 0.268 e. The largest absolute Gasteiger partial charge is 0.397 e. The van der Waals surface area contributed by atoms with Crippen molar-refractivity contribution in [3.8, 4) is 0 Å². The molecule has 0 aliphatic heterocycles. The molecular weight excluding hydrogens is 336 g/mol. The van der Waals surface area contributed by atoms with Crippen LogP contribution in [0.25, 0.3) is 0 Å². The van der Waals surface area contributed by atoms with E-state index in [0.29, 0.717) is 21.7 Å². The Morgan fingerprint density at radius 2 is 2.14 bits per heavy atom. The van der Waals surface area contributed by atoms with Gasteiger partial charge in [-0.05, 0) is 47.5 Å². The Balaban J connectivity index is 2.20. The zero-order valence-electron chi connectivity index (χ0n) is 11.7. The lowest BCUT2D eigenvalue weighted by Crippen LogP contribution is -2.30. The maximum Gasteiger partial charge on any atom is 0.268 e. The summed E-state index contributed by atoms with van der Waals surface area (Å²) in [5, 5.41) is 2.69. The molecule has 1 amide bonds. The number of aryl methyl sites for hydroxylation is 2. The van der Waals surface area contributed by atoms with Gasteiger partial charge in [0.2, 0.25) is 5.91 Å². The number of anilines is 2. The van der Waals surface area contributed by atoms with Crippen molar-refractivity contribution in [2.24, 2.45) is 0 Å². The van der Waals surface area contributed by atoms with Gasteiger partial charge >= 0.3 is 0 Å². The van der Waals surface area contributed by atoms with Crippen LogP contribution in [-0.4, -0.2) is 15.5 Å². The summed E-state index contributed by atoms with van der Waals surface area (Å²) in [5.74, 6) is 0.130. The lowest BCUT2D eigenvalue weighted by atomic mass is 10.2. The van der Waals surface area contributed by atoms with E-state index in [4.69, 9.17) is 5.73 Å². The average Bonchev–Trinajstić information content (AvgIpc) is 2.42. The van der Waals surface area contributed by atoms with E-state index < -0.39 is 0 Å². The first-order chi connectivity index (χ1) is 9.88. The van der Waals surface area contributed by atoms with Gasteiger partial charge in [-0.25, -0.2) is 4.98 Å². The number of hydrogen-bond donors (Lipinski definition) is 2. The van der Waals surface area contributed by atoms with Crippen molar-refractivity contribution in [2.45, 2.75) is 20.4 Å². The summed E-state index contributed by atoms with van der Waals surface area (Å²) in [6.07, 6.45) is 1.42. The van der Waals surface area contributed by atoms with Gasteiger partial charge in [0.1, 0.15) is 16.8 Å². The number of nitrogen functional groups attached to an aromatic ring is 1. The Morgan fingerprint density at radius 1 is 1.43 bits per heavy atom. The molecule has 7 heteroatoms. The van der Waals surface area contributed by atoms with Crippen molar-refractivity contribution in [1.82, 2.24) is 9.55 Å². The van der Waals surface area contributed by atoms with Crippen LogP contribution in [0.15, 0.2) is 33.7 Å². The summed E-state index contributed by atoms with van der Waals surface area (Å²) in [5.41, 5.74) is 7.57. The van der Waals surface area contributed by atoms with Gasteiger partial charge in [-0.2, -0.15) is 0 Å². The molecule has 2 aromatic rings. The van der Waals surface area contributed by atoms with Gasteiger partial charge in [-0.3, -0.25) is 14.2 Å². The number of halogens is 1. The summed E-state index contributed by atoms with van der Waals surface area (Å²) in [4.78, 5) is 28.1. The third-order valence-electron chi connectivity index (χ3n) is 2.99. The number of aromatic nitrogens is 2. The van der Waals surface area contributed by atoms with Crippen molar-refractivity contribution in [2.75, 3.05) is 11.1 Å². The van der Waals surface area contributed by atoms with Crippen LogP contribution in [0.2, 0.25) is 0 Å². The molecule has 0 saturated carbocycles. The van der Waals surface area contributed by atoms with E-state index in [1.165, 1.54) is 10.8 Å². The molecule has 0 spiro atoms. The molecule has 21 heavy (non-hydrogen) atoms. The molecule has 0 atom stereocenters. The molecule has 0 bridgehead atoms. The second-order valence-corrected chi connectivity index (χ2v) is 5.54. The molecule has 0 aliphatic carbocycles. The molecule has 110 valence electrons. The van der Waals surface area contributed by atoms with Gasteiger partial charge in [0.15, 0.2) is 0 Å². The number of nitrogens with one attached hydrogen (secondary N) is 1. The van der Waals surface area contributed by atoms with Crippen LogP contribution in [0.5, 0.6) is 0 Å². The minimum Gasteiger partial charge on any atom is -0.397 e. The molecular formula is C14H15BrN4O2. The molecule has 0 saturated heterocycles. The fourth-order valence-corrected chi connectivity index (χ4v) is 2.18. The van der Waals surface area contributed by atoms with E-state index >= 15 is 0 Å². The third kappa shape index (κ3) is 3.49. The zero-order valence-corrected chi connectivity index (χ0v) is 13.3. The summed E-state index contributed by atoms with van der Waals surface area (Å²) in [6, 6.07) is 5.36. The second-order valence-electron chi connectivity index (χ2n) is 4.68. The number of nitrogens with two attached hydrogens (primary N) is 1. The van der Waals surface area contributed by atoms with Gasteiger partial charge < -0.3 is 11.1 Å². The Morgan fingerprint density at radius 3 is 2.81 bits per heavy atom. The highest BCUT2D eigenvalue weighted by molar-refractivity contribution is 9.10. The molecule has 0 unspecified atom stereocenters. The van der Waals surface area contributed by atoms with Gasteiger partial charge in [-0.1, -0.05) is 6.07 Å². The Bertz CT molecular complexity index is 755. The SMILES string of the molecule is Cc1ccc(NC(=O)Cn2c(C)ncc(Br)c2=O)c(N)c1. The number of carbonyl (C=O) groups is 1. The van der Waals surface area contributed by atoms with E-state index in [0.717, 1.165) is 5.56 Å². The predicted molar refractivity (Wildman–Crippen MR) is 85.2 cm³/mol. The van der Waals surface area contributed by atoms with Gasteiger partial charge in [-0.15, -0.1) is 0 Å².